The largest absolute Gasteiger partial charge is 0.260 e. The van der Waals surface area contributed by atoms with Crippen LogP contribution in [0.4, 0.5) is 0 Å². The number of nitrogens with zero attached hydrogens (tertiary/aromatic N) is 3. The highest BCUT2D eigenvalue weighted by atomic mass is 14.7. The van der Waals surface area contributed by atoms with Crippen LogP contribution in [-0.4, -0.2) is 15.0 Å². The highest BCUT2D eigenvalue weighted by Gasteiger charge is 2.20. The molecule has 3 nitrogen and oxygen atoms in total. The van der Waals surface area contributed by atoms with Crippen LogP contribution < -0.4 is 10.4 Å². The zero-order valence-corrected chi connectivity index (χ0v) is 30.1. The Morgan fingerprint density at radius 2 is 0.822 bits per heavy atom. The monoisotopic (exact) mass is 603 g/mol. The van der Waals surface area contributed by atoms with Crippen LogP contribution in [0.3, 0.4) is 0 Å². The Morgan fingerprint density at radius 1 is 0.444 bits per heavy atom. The van der Waals surface area contributed by atoms with Crippen molar-refractivity contribution in [2.45, 2.75) is 138 Å². The van der Waals surface area contributed by atoms with E-state index in [2.05, 4.69) is 153 Å². The summed E-state index contributed by atoms with van der Waals surface area (Å²) >= 11 is 0. The van der Waals surface area contributed by atoms with Crippen LogP contribution in [0, 0.1) is 0 Å². The zero-order chi connectivity index (χ0) is 33.0. The first-order valence-electron chi connectivity index (χ1n) is 17.4. The molecule has 0 aliphatic heterocycles. The fraction of sp³-hybridized carbons (Fsp3) is 0.500. The van der Waals surface area contributed by atoms with Crippen molar-refractivity contribution in [3.63, 3.8) is 0 Å². The Labute approximate surface area is 273 Å². The van der Waals surface area contributed by atoms with Crippen LogP contribution in [0.1, 0.15) is 181 Å². The van der Waals surface area contributed by atoms with Crippen molar-refractivity contribution < 1.29 is 0 Å². The van der Waals surface area contributed by atoms with Gasteiger partial charge in [-0.25, -0.2) is 0 Å². The van der Waals surface area contributed by atoms with Gasteiger partial charge in [0.05, 0.1) is 17.1 Å². The van der Waals surface area contributed by atoms with Crippen LogP contribution >= 0.6 is 0 Å². The molecule has 45 heavy (non-hydrogen) atoms. The molecule has 3 aromatic heterocycles. The maximum atomic E-state index is 4.62. The minimum absolute atomic E-state index is 0.516. The maximum Gasteiger partial charge on any atom is 0.0504 e. The van der Waals surface area contributed by atoms with Gasteiger partial charge in [-0.3, -0.25) is 15.0 Å². The van der Waals surface area contributed by atoms with Gasteiger partial charge in [0, 0.05) is 18.6 Å². The molecule has 0 amide bonds. The number of hydrogen-bond acceptors (Lipinski definition) is 3. The fourth-order valence-corrected chi connectivity index (χ4v) is 6.75. The summed E-state index contributed by atoms with van der Waals surface area (Å²) in [6.07, 6.45) is 23.1. The number of rotatable bonds is 6. The van der Waals surface area contributed by atoms with Crippen molar-refractivity contribution in [2.24, 2.45) is 0 Å². The van der Waals surface area contributed by atoms with Gasteiger partial charge in [0.25, 0.3) is 0 Å². The highest BCUT2D eigenvalue weighted by Crippen LogP contribution is 2.33. The zero-order valence-electron chi connectivity index (χ0n) is 30.1. The molecular weight excluding hydrogens is 546 g/mol. The Bertz CT molecular complexity index is 1560. The molecule has 0 bridgehead atoms. The predicted molar refractivity (Wildman–Crippen MR) is 196 cm³/mol. The number of aromatic nitrogens is 3. The summed E-state index contributed by atoms with van der Waals surface area (Å²) in [5.74, 6) is 3.27. The number of allylic oxidation sites excluding steroid dienone is 2. The van der Waals surface area contributed by atoms with Crippen LogP contribution in [0.15, 0.2) is 30.7 Å². The molecule has 0 radical (unpaired) electrons. The molecular formula is C42H57N3. The second kappa shape index (κ2) is 14.8. The third-order valence-electron chi connectivity index (χ3n) is 9.17. The molecule has 240 valence electrons. The summed E-state index contributed by atoms with van der Waals surface area (Å²) in [4.78, 5) is 13.9. The second-order valence-electron chi connectivity index (χ2n) is 14.7. The molecule has 3 aromatic rings. The van der Waals surface area contributed by atoms with Crippen molar-refractivity contribution in [1.82, 2.24) is 15.0 Å². The normalized spacial score (nSPS) is 14.0. The third kappa shape index (κ3) is 7.56. The van der Waals surface area contributed by atoms with Crippen LogP contribution in [0.2, 0.25) is 0 Å². The molecule has 0 unspecified atom stereocenters. The lowest BCUT2D eigenvalue weighted by molar-refractivity contribution is 0.787. The maximum absolute atomic E-state index is 4.62. The summed E-state index contributed by atoms with van der Waals surface area (Å²) < 4.78 is 0. The Kier molecular flexibility index (Phi) is 11.4. The number of hydrogen-bond donors (Lipinski definition) is 0. The van der Waals surface area contributed by atoms with E-state index >= 15 is 0 Å². The van der Waals surface area contributed by atoms with E-state index in [0.29, 0.717) is 35.5 Å². The minimum Gasteiger partial charge on any atom is -0.260 e. The Hall–Kier alpha value is -3.33. The molecule has 3 aliphatic carbocycles. The SMILES string of the molecule is CC(C)c1cnc(C(C)C)c2c1=CCC=2.CC(C)c1cnc(C(C)C)c2c1CC=C2.CC(C)c1cnc(C(C)C)c2c1CC=C2. The van der Waals surface area contributed by atoms with E-state index in [1.54, 1.807) is 0 Å². The van der Waals surface area contributed by atoms with E-state index < -0.39 is 0 Å². The minimum atomic E-state index is 0.516. The molecule has 3 heterocycles. The lowest BCUT2D eigenvalue weighted by atomic mass is 9.93. The van der Waals surface area contributed by atoms with Gasteiger partial charge in [-0.1, -0.05) is 120 Å². The average molecular weight is 604 g/mol. The Morgan fingerprint density at radius 3 is 1.22 bits per heavy atom. The number of fused-ring (bicyclic) bond motifs is 3. The molecule has 0 saturated heterocycles. The van der Waals surface area contributed by atoms with Crippen LogP contribution in [-0.2, 0) is 12.8 Å². The molecule has 6 rings (SSSR count). The summed E-state index contributed by atoms with van der Waals surface area (Å²) in [7, 11) is 0. The summed E-state index contributed by atoms with van der Waals surface area (Å²) in [5.41, 5.74) is 13.8. The molecule has 0 N–H and O–H groups in total. The van der Waals surface area contributed by atoms with Gasteiger partial charge in [0.1, 0.15) is 0 Å². The van der Waals surface area contributed by atoms with Crippen LogP contribution in [0.25, 0.3) is 24.3 Å². The topological polar surface area (TPSA) is 38.7 Å². The van der Waals surface area contributed by atoms with Gasteiger partial charge in [0.15, 0.2) is 0 Å². The van der Waals surface area contributed by atoms with Gasteiger partial charge in [-0.2, -0.15) is 0 Å². The first-order valence-corrected chi connectivity index (χ1v) is 17.4. The van der Waals surface area contributed by atoms with E-state index in [0.717, 1.165) is 19.3 Å². The summed E-state index contributed by atoms with van der Waals surface area (Å²) in [6.45, 7) is 26.7. The van der Waals surface area contributed by atoms with Crippen LogP contribution in [0.5, 0.6) is 0 Å². The summed E-state index contributed by atoms with van der Waals surface area (Å²) in [6, 6.07) is 0. The van der Waals surface area contributed by atoms with Crippen molar-refractivity contribution in [1.29, 1.82) is 0 Å². The smallest absolute Gasteiger partial charge is 0.0504 e. The van der Waals surface area contributed by atoms with Gasteiger partial charge >= 0.3 is 0 Å². The molecule has 3 heteroatoms. The van der Waals surface area contributed by atoms with Gasteiger partial charge < -0.3 is 0 Å². The van der Waals surface area contributed by atoms with E-state index in [-0.39, 0.29) is 0 Å². The van der Waals surface area contributed by atoms with Crippen molar-refractivity contribution in [3.05, 3.63) is 97.2 Å². The lowest BCUT2D eigenvalue weighted by Crippen LogP contribution is -2.32. The Balaban J connectivity index is 0.000000154. The summed E-state index contributed by atoms with van der Waals surface area (Å²) in [5, 5.41) is 2.82. The lowest BCUT2D eigenvalue weighted by Gasteiger charge is -2.16. The van der Waals surface area contributed by atoms with Gasteiger partial charge in [-0.15, -0.1) is 0 Å². The number of pyridine rings is 3. The van der Waals surface area contributed by atoms with E-state index in [4.69, 9.17) is 0 Å². The molecule has 0 aromatic carbocycles. The van der Waals surface area contributed by atoms with E-state index in [1.807, 2.05) is 0 Å². The first-order chi connectivity index (χ1) is 21.3. The molecule has 0 atom stereocenters. The van der Waals surface area contributed by atoms with Crippen molar-refractivity contribution in [3.8, 4) is 0 Å². The molecule has 0 spiro atoms. The van der Waals surface area contributed by atoms with Crippen molar-refractivity contribution >= 4 is 24.3 Å². The highest BCUT2D eigenvalue weighted by molar-refractivity contribution is 5.65. The quantitative estimate of drug-likeness (QED) is 0.281. The average Bonchev–Trinajstić information content (AvgIpc) is 3.76. The van der Waals surface area contributed by atoms with E-state index in [1.165, 1.54) is 66.5 Å². The first kappa shape index (κ1) is 34.5. The van der Waals surface area contributed by atoms with Gasteiger partial charge in [0.2, 0.25) is 0 Å². The second-order valence-corrected chi connectivity index (χ2v) is 14.7. The third-order valence-corrected chi connectivity index (χ3v) is 9.17. The standard InChI is InChI=1S/3C14H19N/c3*1-9(2)13-8-15-14(10(3)4)12-7-5-6-11(12)13/h6-10H,5H2,1-4H3;2*5,7-10H,6H2,1-4H3. The predicted octanol–water partition coefficient (Wildman–Crippen LogP) is 10.1. The van der Waals surface area contributed by atoms with E-state index in [9.17, 15) is 0 Å². The van der Waals surface area contributed by atoms with Gasteiger partial charge in [-0.05, 0) is 104 Å². The fourth-order valence-electron chi connectivity index (χ4n) is 6.75. The van der Waals surface area contributed by atoms with Crippen molar-refractivity contribution in [2.75, 3.05) is 0 Å². The molecule has 3 aliphatic rings. The molecule has 0 saturated carbocycles. The molecule has 0 fully saturated rings.